The Hall–Kier alpha value is -4.69. The van der Waals surface area contributed by atoms with Gasteiger partial charge >= 0.3 is 12.1 Å². The van der Waals surface area contributed by atoms with Crippen LogP contribution in [-0.4, -0.2) is 84.2 Å². The van der Waals surface area contributed by atoms with E-state index in [1.54, 1.807) is 52.0 Å². The number of amides is 7. The maximum atomic E-state index is 13.4. The van der Waals surface area contributed by atoms with Gasteiger partial charge in [-0.05, 0) is 61.6 Å². The van der Waals surface area contributed by atoms with E-state index < -0.39 is 54.0 Å². The number of benzene rings is 1. The van der Waals surface area contributed by atoms with Crippen molar-refractivity contribution in [2.24, 2.45) is 23.5 Å². The van der Waals surface area contributed by atoms with E-state index in [2.05, 4.69) is 26.6 Å². The fraction of sp³-hybridized carbons (Fsp3) is 0.639. The first-order valence-electron chi connectivity index (χ1n) is 17.6. The lowest BCUT2D eigenvalue weighted by Gasteiger charge is -2.31. The Kier molecular flexibility index (Phi) is 19.3. The summed E-state index contributed by atoms with van der Waals surface area (Å²) in [6, 6.07) is 2.44. The van der Waals surface area contributed by atoms with E-state index >= 15 is 0 Å². The molecule has 4 atom stereocenters. The summed E-state index contributed by atoms with van der Waals surface area (Å²) < 4.78 is 5.47. The zero-order valence-corrected chi connectivity index (χ0v) is 31.6. The molecule has 15 heteroatoms. The van der Waals surface area contributed by atoms with Gasteiger partial charge in [-0.15, -0.1) is 0 Å². The van der Waals surface area contributed by atoms with Crippen molar-refractivity contribution in [1.82, 2.24) is 26.2 Å². The van der Waals surface area contributed by atoms with Gasteiger partial charge in [0.1, 0.15) is 24.7 Å². The molecule has 0 aromatic heterocycles. The van der Waals surface area contributed by atoms with Crippen molar-refractivity contribution in [3.05, 3.63) is 29.8 Å². The van der Waals surface area contributed by atoms with Crippen LogP contribution in [0.5, 0.6) is 0 Å². The molecular weight excluding hydrogens is 658 g/mol. The summed E-state index contributed by atoms with van der Waals surface area (Å²) in [6.07, 6.45) is 1.60. The Morgan fingerprint density at radius 2 is 1.39 bits per heavy atom. The molecule has 0 bridgehead atoms. The summed E-state index contributed by atoms with van der Waals surface area (Å²) in [5.74, 6) is -2.51. The number of nitrogens with one attached hydrogen (secondary N) is 5. The number of nitrogens with zero attached hydrogens (tertiary/aromatic N) is 1. The third kappa shape index (κ3) is 15.8. The second kappa shape index (κ2) is 22.2. The standard InChI is InChI=1S/C36H59N7O8/c1-10-11-14-28(45)41-30(22(4)5)33(47)40-27(13-12-19-38-35(37)49)32(46)39-26-17-15-25(16-18-26)20-51-36(50)43(9)31(23(6)7)34(48)42-29(21(2)3)24(8)44/h15-18,21-23,27,29-31H,10-14,19-20H2,1-9H3,(H,39,46)(H,40,47)(H,41,45)(H,42,48)(H3,37,38,49)/t27-,29-,30-,31-/m0/s1. The molecule has 0 fully saturated rings. The molecule has 0 aliphatic heterocycles. The molecule has 0 spiro atoms. The molecule has 1 aromatic carbocycles. The molecule has 15 nitrogen and oxygen atoms in total. The third-order valence-electron chi connectivity index (χ3n) is 8.22. The van der Waals surface area contributed by atoms with Crippen LogP contribution in [-0.2, 0) is 35.3 Å². The van der Waals surface area contributed by atoms with Gasteiger partial charge in [0.05, 0.1) is 6.04 Å². The van der Waals surface area contributed by atoms with Crippen LogP contribution < -0.4 is 32.3 Å². The second-order valence-corrected chi connectivity index (χ2v) is 13.8. The van der Waals surface area contributed by atoms with E-state index in [9.17, 15) is 33.6 Å². The smallest absolute Gasteiger partial charge is 0.410 e. The van der Waals surface area contributed by atoms with Gasteiger partial charge in [0, 0.05) is 25.7 Å². The summed E-state index contributed by atoms with van der Waals surface area (Å²) in [5.41, 5.74) is 6.17. The van der Waals surface area contributed by atoms with Crippen LogP contribution in [0.25, 0.3) is 0 Å². The number of likely N-dealkylation sites (N-methyl/N-ethyl adjacent to an activating group) is 1. The van der Waals surface area contributed by atoms with Crippen LogP contribution in [0.1, 0.15) is 93.1 Å². The number of anilines is 1. The molecule has 0 saturated heterocycles. The topological polar surface area (TPSA) is 218 Å². The number of ketones is 1. The molecule has 7 amide bonds. The van der Waals surface area contributed by atoms with Gasteiger partial charge in [-0.2, -0.15) is 0 Å². The lowest BCUT2D eigenvalue weighted by Crippen LogP contribution is -2.55. The summed E-state index contributed by atoms with van der Waals surface area (Å²) in [6.45, 7) is 14.3. The predicted molar refractivity (Wildman–Crippen MR) is 194 cm³/mol. The highest BCUT2D eigenvalue weighted by atomic mass is 16.6. The first-order chi connectivity index (χ1) is 23.9. The lowest BCUT2D eigenvalue weighted by molar-refractivity contribution is -0.132. The molecule has 0 saturated carbocycles. The number of primary amides is 1. The number of urea groups is 1. The highest BCUT2D eigenvalue weighted by Gasteiger charge is 2.34. The van der Waals surface area contributed by atoms with Crippen LogP contribution in [0.3, 0.4) is 0 Å². The minimum atomic E-state index is -0.991. The van der Waals surface area contributed by atoms with E-state index in [0.29, 0.717) is 24.1 Å². The molecular formula is C36H59N7O8. The number of Topliss-reactive ketones (excluding diaryl/α,β-unsaturated/α-hetero) is 1. The minimum absolute atomic E-state index is 0.113. The van der Waals surface area contributed by atoms with Crippen molar-refractivity contribution >= 4 is 47.2 Å². The molecule has 0 aliphatic carbocycles. The molecule has 286 valence electrons. The summed E-state index contributed by atoms with van der Waals surface area (Å²) >= 11 is 0. The molecule has 0 unspecified atom stereocenters. The van der Waals surface area contributed by atoms with Crippen LogP contribution in [0, 0.1) is 17.8 Å². The van der Waals surface area contributed by atoms with Gasteiger partial charge in [0.15, 0.2) is 5.78 Å². The number of hydrogen-bond donors (Lipinski definition) is 6. The summed E-state index contributed by atoms with van der Waals surface area (Å²) in [5, 5.41) is 13.5. The Morgan fingerprint density at radius 1 is 0.784 bits per heavy atom. The first kappa shape index (κ1) is 44.3. The highest BCUT2D eigenvalue weighted by molar-refractivity contribution is 5.98. The van der Waals surface area contributed by atoms with Gasteiger partial charge in [0.25, 0.3) is 0 Å². The largest absolute Gasteiger partial charge is 0.445 e. The number of unbranched alkanes of at least 4 members (excludes halogenated alkanes) is 1. The SMILES string of the molecule is CCCCC(=O)N[C@H](C(=O)N[C@@H](CCCNC(N)=O)C(=O)Nc1ccc(COC(=O)N(C)[C@H](C(=O)N[C@H](C(C)=O)C(C)C)C(C)C)cc1)C(C)C. The number of ether oxygens (including phenoxy) is 1. The van der Waals surface area contributed by atoms with Crippen molar-refractivity contribution in [3.63, 3.8) is 0 Å². The minimum Gasteiger partial charge on any atom is -0.445 e. The zero-order valence-electron chi connectivity index (χ0n) is 31.6. The van der Waals surface area contributed by atoms with Gasteiger partial charge in [-0.1, -0.05) is 67.0 Å². The van der Waals surface area contributed by atoms with E-state index in [-0.39, 0.29) is 55.4 Å². The van der Waals surface area contributed by atoms with Gasteiger partial charge in [-0.3, -0.25) is 28.9 Å². The Morgan fingerprint density at radius 3 is 1.90 bits per heavy atom. The fourth-order valence-corrected chi connectivity index (χ4v) is 5.34. The van der Waals surface area contributed by atoms with Crippen molar-refractivity contribution in [2.45, 2.75) is 118 Å². The third-order valence-corrected chi connectivity index (χ3v) is 8.22. The van der Waals surface area contributed by atoms with Gasteiger partial charge in [-0.25, -0.2) is 9.59 Å². The molecule has 0 heterocycles. The van der Waals surface area contributed by atoms with Crippen molar-refractivity contribution in [1.29, 1.82) is 0 Å². The van der Waals surface area contributed by atoms with Crippen LogP contribution in [0.2, 0.25) is 0 Å². The molecule has 1 aromatic rings. The first-order valence-corrected chi connectivity index (χ1v) is 17.6. The van der Waals surface area contributed by atoms with Gasteiger partial charge < -0.3 is 37.1 Å². The second-order valence-electron chi connectivity index (χ2n) is 13.8. The number of carbonyl (C=O) groups excluding carboxylic acids is 7. The van der Waals surface area contributed by atoms with Crippen LogP contribution in [0.15, 0.2) is 24.3 Å². The maximum absolute atomic E-state index is 13.4. The number of rotatable bonds is 21. The average Bonchev–Trinajstić information content (AvgIpc) is 3.05. The quantitative estimate of drug-likeness (QED) is 0.104. The number of hydrogen-bond acceptors (Lipinski definition) is 8. The molecule has 0 radical (unpaired) electrons. The summed E-state index contributed by atoms with van der Waals surface area (Å²) in [4.78, 5) is 89.4. The molecule has 51 heavy (non-hydrogen) atoms. The molecule has 7 N–H and O–H groups in total. The Labute approximate surface area is 301 Å². The van der Waals surface area contributed by atoms with E-state index in [1.165, 1.54) is 18.9 Å². The van der Waals surface area contributed by atoms with Gasteiger partial charge in [0.2, 0.25) is 23.6 Å². The van der Waals surface area contributed by atoms with Crippen molar-refractivity contribution < 1.29 is 38.3 Å². The predicted octanol–water partition coefficient (Wildman–Crippen LogP) is 3.21. The highest BCUT2D eigenvalue weighted by Crippen LogP contribution is 2.16. The monoisotopic (exact) mass is 717 g/mol. The van der Waals surface area contributed by atoms with E-state index in [4.69, 9.17) is 10.5 Å². The van der Waals surface area contributed by atoms with Crippen LogP contribution >= 0.6 is 0 Å². The normalized spacial score (nSPS) is 13.4. The zero-order chi connectivity index (χ0) is 38.8. The summed E-state index contributed by atoms with van der Waals surface area (Å²) in [7, 11) is 1.46. The average molecular weight is 718 g/mol. The van der Waals surface area contributed by atoms with Crippen LogP contribution in [0.4, 0.5) is 15.3 Å². The number of carbonyl (C=O) groups is 7. The van der Waals surface area contributed by atoms with E-state index in [0.717, 1.165) is 6.42 Å². The molecule has 1 rings (SSSR count). The molecule has 0 aliphatic rings. The Balaban J connectivity index is 2.96. The maximum Gasteiger partial charge on any atom is 0.410 e. The van der Waals surface area contributed by atoms with Crippen molar-refractivity contribution in [2.75, 3.05) is 18.9 Å². The van der Waals surface area contributed by atoms with Crippen molar-refractivity contribution in [3.8, 4) is 0 Å². The Bertz CT molecular complexity index is 1330. The van der Waals surface area contributed by atoms with E-state index in [1.807, 2.05) is 20.8 Å². The number of nitrogens with two attached hydrogens (primary N) is 1. The lowest BCUT2D eigenvalue weighted by atomic mass is 9.97. The fourth-order valence-electron chi connectivity index (χ4n) is 5.34.